The molecule has 2 aliphatic heterocycles. The third kappa shape index (κ3) is 8.78. The third-order valence-corrected chi connectivity index (χ3v) is 9.90. The molecule has 0 bridgehead atoms. The first kappa shape index (κ1) is 37.9. The van der Waals surface area contributed by atoms with Crippen molar-refractivity contribution in [1.29, 1.82) is 0 Å². The Morgan fingerprint density at radius 3 is 1.96 bits per heavy atom. The van der Waals surface area contributed by atoms with Crippen molar-refractivity contribution in [2.45, 2.75) is 108 Å². The van der Waals surface area contributed by atoms with E-state index in [1.165, 1.54) is 24.4 Å². The van der Waals surface area contributed by atoms with Crippen LogP contribution in [0.5, 0.6) is 0 Å². The molecule has 280 valence electrons. The molecular weight excluding hydrogens is 688 g/mol. The summed E-state index contributed by atoms with van der Waals surface area (Å²) in [6, 6.07) is 0.174. The largest absolute Gasteiger partial charge is 0.469 e. The maximum atomic E-state index is 13.8. The van der Waals surface area contributed by atoms with Crippen LogP contribution in [0.4, 0.5) is 47.6 Å². The van der Waals surface area contributed by atoms with Crippen LogP contribution >= 0.6 is 0 Å². The van der Waals surface area contributed by atoms with Crippen molar-refractivity contribution in [2.24, 2.45) is 5.92 Å². The molecule has 2 saturated heterocycles. The summed E-state index contributed by atoms with van der Waals surface area (Å²) >= 11 is 0. The lowest BCUT2D eigenvalue weighted by Crippen LogP contribution is -2.57. The Morgan fingerprint density at radius 1 is 0.922 bits per heavy atom. The van der Waals surface area contributed by atoms with Gasteiger partial charge in [0.1, 0.15) is 12.7 Å². The molecule has 0 radical (unpaired) electrons. The Balaban J connectivity index is 1.43. The van der Waals surface area contributed by atoms with Crippen LogP contribution in [0, 0.1) is 5.92 Å². The van der Waals surface area contributed by atoms with Gasteiger partial charge in [-0.15, -0.1) is 0 Å². The highest BCUT2D eigenvalue weighted by atomic mass is 19.4. The number of methoxy groups -OCH3 is 1. The van der Waals surface area contributed by atoms with Crippen molar-refractivity contribution >= 4 is 29.8 Å². The minimum absolute atomic E-state index is 0.0328. The smallest absolute Gasteiger partial charge is 0.416 e. The number of carbonyl (C=O) groups is 3. The Labute approximate surface area is 291 Å². The average Bonchev–Trinajstić information content (AvgIpc) is 3.54. The second-order valence-corrected chi connectivity index (χ2v) is 13.1. The molecule has 1 aromatic carbocycles. The van der Waals surface area contributed by atoms with Crippen LogP contribution in [-0.4, -0.2) is 77.5 Å². The molecule has 2 amide bonds. The van der Waals surface area contributed by atoms with Crippen LogP contribution in [0.15, 0.2) is 30.6 Å². The van der Waals surface area contributed by atoms with Gasteiger partial charge in [-0.3, -0.25) is 9.69 Å². The van der Waals surface area contributed by atoms with E-state index in [0.717, 1.165) is 0 Å². The van der Waals surface area contributed by atoms with E-state index in [0.29, 0.717) is 69.2 Å². The number of likely N-dealkylation sites (tertiary alicyclic amines) is 1. The Morgan fingerprint density at radius 2 is 1.49 bits per heavy atom. The number of ether oxygens (including phenoxy) is 3. The first-order valence-corrected chi connectivity index (χ1v) is 17.0. The Hall–Kier alpha value is -4.31. The molecule has 5 rings (SSSR count). The number of esters is 1. The quantitative estimate of drug-likeness (QED) is 0.148. The minimum atomic E-state index is -5.03. The van der Waals surface area contributed by atoms with Gasteiger partial charge in [0.15, 0.2) is 0 Å². The Kier molecular flexibility index (Phi) is 11.5. The van der Waals surface area contributed by atoms with Gasteiger partial charge >= 0.3 is 30.5 Å². The van der Waals surface area contributed by atoms with E-state index in [1.807, 2.05) is 13.8 Å². The van der Waals surface area contributed by atoms with Crippen LogP contribution in [0.3, 0.4) is 0 Å². The number of alkyl halides is 6. The lowest BCUT2D eigenvalue weighted by molar-refractivity contribution is -0.147. The first-order valence-electron chi connectivity index (χ1n) is 17.0. The zero-order chi connectivity index (χ0) is 37.1. The van der Waals surface area contributed by atoms with Crippen LogP contribution in [-0.2, 0) is 37.9 Å². The molecule has 0 unspecified atom stereocenters. The molecule has 2 aromatic rings. The van der Waals surface area contributed by atoms with E-state index in [4.69, 9.17) is 14.2 Å². The maximum absolute atomic E-state index is 13.8. The minimum Gasteiger partial charge on any atom is -0.469 e. The van der Waals surface area contributed by atoms with Gasteiger partial charge in [-0.05, 0) is 75.1 Å². The number of hydrogen-bond acceptors (Lipinski definition) is 9. The summed E-state index contributed by atoms with van der Waals surface area (Å²) in [4.78, 5) is 51.1. The average molecular weight is 730 g/mol. The number of hydrogen-bond donors (Lipinski definition) is 0. The van der Waals surface area contributed by atoms with Crippen LogP contribution in [0.1, 0.15) is 81.9 Å². The molecule has 3 fully saturated rings. The van der Waals surface area contributed by atoms with Gasteiger partial charge in [-0.1, -0.05) is 13.8 Å². The fourth-order valence-electron chi connectivity index (χ4n) is 7.22. The molecule has 1 saturated carbocycles. The molecule has 1 aromatic heterocycles. The highest BCUT2D eigenvalue weighted by molar-refractivity contribution is 5.88. The standard InChI is InChI=1S/C34H41F6N5O6/c1-4-24-15-26(16-25(5-2)45(24)32(48)51-28-8-6-21(7-9-28)29(46)49-3)44(30-41-17-27(18-42-30)43-10-11-50-31(43)47)19-20-12-22(33(35,36)37)14-23(13-20)34(38,39)40/h12-14,17-18,21,24-26,28H,4-11,15-16,19H2,1-3H3/t21-,24-,25+,26+,28-. The number of halogens is 6. The summed E-state index contributed by atoms with van der Waals surface area (Å²) in [5.41, 5.74) is -2.81. The number of cyclic esters (lactones) is 1. The summed E-state index contributed by atoms with van der Waals surface area (Å²) in [6.45, 7) is 3.79. The topological polar surface area (TPSA) is 114 Å². The van der Waals surface area contributed by atoms with Crippen molar-refractivity contribution in [2.75, 3.05) is 30.1 Å². The van der Waals surface area contributed by atoms with Gasteiger partial charge in [0.2, 0.25) is 5.95 Å². The van der Waals surface area contributed by atoms with Gasteiger partial charge in [0.05, 0.1) is 48.8 Å². The number of rotatable bonds is 9. The zero-order valence-corrected chi connectivity index (χ0v) is 28.5. The molecule has 51 heavy (non-hydrogen) atoms. The summed E-state index contributed by atoms with van der Waals surface area (Å²) in [6.07, 6.45) is -5.22. The van der Waals surface area contributed by atoms with Gasteiger partial charge < -0.3 is 24.0 Å². The van der Waals surface area contributed by atoms with Crippen LogP contribution in [0.2, 0.25) is 0 Å². The van der Waals surface area contributed by atoms with E-state index >= 15 is 0 Å². The number of amides is 2. The number of carbonyl (C=O) groups excluding carboxylic acids is 3. The van der Waals surface area contributed by atoms with Gasteiger partial charge in [0, 0.05) is 24.7 Å². The van der Waals surface area contributed by atoms with E-state index in [2.05, 4.69) is 9.97 Å². The van der Waals surface area contributed by atoms with E-state index in [-0.39, 0.29) is 60.8 Å². The molecule has 0 N–H and O–H groups in total. The Bertz CT molecular complexity index is 1500. The van der Waals surface area contributed by atoms with Gasteiger partial charge in [-0.2, -0.15) is 26.3 Å². The first-order chi connectivity index (χ1) is 24.1. The SMILES string of the molecule is CC[C@@H]1C[C@H](N(Cc2cc(C(F)(F)F)cc(C(F)(F)F)c2)c2ncc(N3CCOC3=O)cn2)C[C@H](CC)N1C(=O)O[C@H]1CC[C@H](C(=O)OC)CC1. The molecular formula is C34H41F6N5O6. The predicted octanol–water partition coefficient (Wildman–Crippen LogP) is 7.37. The molecule has 11 nitrogen and oxygen atoms in total. The highest BCUT2D eigenvalue weighted by Crippen LogP contribution is 2.39. The second kappa shape index (κ2) is 15.5. The summed E-state index contributed by atoms with van der Waals surface area (Å²) in [5.74, 6) is -0.506. The highest BCUT2D eigenvalue weighted by Gasteiger charge is 2.43. The fraction of sp³-hybridized carbons (Fsp3) is 0.618. The van der Waals surface area contributed by atoms with Crippen LogP contribution < -0.4 is 9.80 Å². The van der Waals surface area contributed by atoms with Crippen molar-refractivity contribution < 1.29 is 54.9 Å². The van der Waals surface area contributed by atoms with Crippen molar-refractivity contribution in [3.8, 4) is 0 Å². The molecule has 3 aliphatic rings. The molecule has 1 aliphatic carbocycles. The molecule has 3 heterocycles. The van der Waals surface area contributed by atoms with E-state index in [1.54, 1.807) is 9.80 Å². The van der Waals surface area contributed by atoms with Crippen molar-refractivity contribution in [1.82, 2.24) is 14.9 Å². The summed E-state index contributed by atoms with van der Waals surface area (Å²) in [5, 5.41) is 0. The molecule has 0 spiro atoms. The molecule has 3 atom stereocenters. The lowest BCUT2D eigenvalue weighted by Gasteiger charge is -2.47. The monoisotopic (exact) mass is 729 g/mol. The number of aromatic nitrogens is 2. The van der Waals surface area contributed by atoms with Gasteiger partial charge in [-0.25, -0.2) is 19.6 Å². The van der Waals surface area contributed by atoms with Crippen molar-refractivity contribution in [3.63, 3.8) is 0 Å². The van der Waals surface area contributed by atoms with Crippen molar-refractivity contribution in [3.05, 3.63) is 47.3 Å². The molecule has 17 heteroatoms. The third-order valence-electron chi connectivity index (χ3n) is 9.90. The van der Waals surface area contributed by atoms with Gasteiger partial charge in [0.25, 0.3) is 0 Å². The number of piperidine rings is 1. The number of benzene rings is 1. The normalized spacial score (nSPS) is 24.3. The predicted molar refractivity (Wildman–Crippen MR) is 171 cm³/mol. The summed E-state index contributed by atoms with van der Waals surface area (Å²) in [7, 11) is 1.34. The fourth-order valence-corrected chi connectivity index (χ4v) is 7.22. The van der Waals surface area contributed by atoms with E-state index in [9.17, 15) is 40.7 Å². The van der Waals surface area contributed by atoms with E-state index < -0.39 is 48.3 Å². The lowest BCUT2D eigenvalue weighted by atomic mass is 9.87. The number of nitrogens with zero attached hydrogens (tertiary/aromatic N) is 5. The van der Waals surface area contributed by atoms with Crippen LogP contribution in [0.25, 0.3) is 0 Å². The zero-order valence-electron chi connectivity index (χ0n) is 28.5. The number of anilines is 2. The maximum Gasteiger partial charge on any atom is 0.416 e. The summed E-state index contributed by atoms with van der Waals surface area (Å²) < 4.78 is 98.6. The second-order valence-electron chi connectivity index (χ2n) is 13.1.